The van der Waals surface area contributed by atoms with Gasteiger partial charge < -0.3 is 5.11 Å². The van der Waals surface area contributed by atoms with Crippen LogP contribution in [-0.2, 0) is 0 Å². The highest BCUT2D eigenvalue weighted by Crippen LogP contribution is 2.23. The first-order valence-corrected chi connectivity index (χ1v) is 66.0. The zero-order chi connectivity index (χ0) is 105. The van der Waals surface area contributed by atoms with Crippen molar-refractivity contribution < 1.29 is 5.11 Å². The van der Waals surface area contributed by atoms with E-state index in [9.17, 15) is 5.11 Å². The fourth-order valence-electron chi connectivity index (χ4n) is 18.3. The summed E-state index contributed by atoms with van der Waals surface area (Å²) in [7, 11) is 0. The second-order valence-electron chi connectivity index (χ2n) is 48.0. The van der Waals surface area contributed by atoms with Crippen molar-refractivity contribution in [2.24, 2.45) is 47.3 Å². The molecule has 1 unspecified atom stereocenters. The molecule has 0 aliphatic carbocycles. The molecule has 0 heterocycles. The molecule has 0 aliphatic rings. The second kappa shape index (κ2) is 148. The molecule has 1 heteroatoms. The maximum atomic E-state index is 9.84. The van der Waals surface area contributed by atoms with E-state index in [1.54, 1.807) is 0 Å². The number of rotatable bonds is 102. The van der Waals surface area contributed by atoms with Crippen molar-refractivity contribution in [3.8, 4) is 0 Å². The Bertz CT molecular complexity index is 2110. The van der Waals surface area contributed by atoms with Gasteiger partial charge in [0.15, 0.2) is 0 Å². The summed E-state index contributed by atoms with van der Waals surface area (Å²) in [6.45, 7) is 55.3. The number of aliphatic hydroxyl groups excluding tert-OH is 1. The SMILES string of the molecule is CC/C=C\C/C=C\C/C=C\CCCCCCCC(C)C.CCCCCCC(O)C/C=C\CCCCCCCC(C)C.CCCCCCCC/C=C\CCCCCC(C)C.CCCCCCCCCCC(C)C.CCCCCCCCCCCC(C)C.CCCCCCCCCCCCCC(C)C.CCCCCCCCCCCCCCCC(C)C.CCCCCCCCCCCCCCCCCC(C)C. The van der Waals surface area contributed by atoms with Crippen LogP contribution in [0.4, 0.5) is 0 Å². The van der Waals surface area contributed by atoms with Gasteiger partial charge in [-0.15, -0.1) is 0 Å². The van der Waals surface area contributed by atoms with E-state index < -0.39 is 0 Å². The van der Waals surface area contributed by atoms with Gasteiger partial charge in [0.25, 0.3) is 0 Å². The predicted octanol–water partition coefficient (Wildman–Crippen LogP) is 52.9. The van der Waals surface area contributed by atoms with Crippen molar-refractivity contribution in [2.75, 3.05) is 0 Å². The van der Waals surface area contributed by atoms with Crippen molar-refractivity contribution in [3.05, 3.63) is 60.8 Å². The first-order chi connectivity index (χ1) is 68.1. The molecule has 0 aromatic carbocycles. The molecule has 0 spiro atoms. The maximum Gasteiger partial charge on any atom is 0.0574 e. The minimum atomic E-state index is -0.117. The topological polar surface area (TPSA) is 20.2 Å². The van der Waals surface area contributed by atoms with Crippen LogP contribution in [0.25, 0.3) is 0 Å². The molecule has 0 amide bonds. The number of hydrogen-bond donors (Lipinski definition) is 1. The standard InChI is InChI=1S/C20H40O.C20H42.C20H36.C18H38.C18H36.C16H34.C14H30.C13H28/c1-4-5-6-14-17-20(21)18-15-12-10-8-7-9-11-13-16-19(2)3;2*1-4-5-6-7-8-9-10-11-12-13-14-15-16-17-18-19-20(2)3;2*1-4-5-6-7-8-9-10-11-12-13-14-15-16-17-18(2)3;1-4-5-6-7-8-9-10-11-12-13-14-15-16(2)3;1-4-5-6-7-8-9-10-11-12-13-14(2)3;1-4-5-6-7-8-9-10-11-12-13(2)3/h12,15,19-21H,4-11,13-14,16-18H2,1-3H3;20H,4-19H2,1-3H3;5-6,8-9,11-12,20H,4,7,10,13-19H2,1-3H3;18H,4-17H2,1-3H3;11-12,18H,4-10,13-17H2,1-3H3;16H,4-15H2,1-3H3;14H,4-13H2,1-3H3;13H,4-12H2,1-3H3/b15-12-;;6-5-,9-8-,12-11-;;12-11-;;;. The van der Waals surface area contributed by atoms with Gasteiger partial charge >= 0.3 is 0 Å². The van der Waals surface area contributed by atoms with Crippen molar-refractivity contribution in [2.45, 2.75) is 789 Å². The maximum absolute atomic E-state index is 9.84. The summed E-state index contributed by atoms with van der Waals surface area (Å²) in [5.41, 5.74) is 0. The normalized spacial score (nSPS) is 11.8. The van der Waals surface area contributed by atoms with Gasteiger partial charge in [-0.1, -0.05) is 760 Å². The van der Waals surface area contributed by atoms with E-state index in [2.05, 4.69) is 227 Å². The Kier molecular flexibility index (Phi) is 163. The Balaban J connectivity index is -0.000000238. The van der Waals surface area contributed by atoms with Crippen LogP contribution in [0.5, 0.6) is 0 Å². The molecule has 1 atom stereocenters. The van der Waals surface area contributed by atoms with E-state index in [0.29, 0.717) is 0 Å². The van der Waals surface area contributed by atoms with Crippen LogP contribution in [0.3, 0.4) is 0 Å². The number of allylic oxidation sites excluding steroid dienone is 9. The van der Waals surface area contributed by atoms with Crippen molar-refractivity contribution >= 4 is 0 Å². The smallest absolute Gasteiger partial charge is 0.0574 e. The Morgan fingerprint density at radius 3 is 0.421 bits per heavy atom. The van der Waals surface area contributed by atoms with Gasteiger partial charge in [-0.25, -0.2) is 0 Å². The molecule has 0 aliphatic heterocycles. The average molecular weight is 1970 g/mol. The number of unbranched alkanes of at least 4 members (excludes halogenated alkanes) is 73. The van der Waals surface area contributed by atoms with Crippen LogP contribution in [0.1, 0.15) is 783 Å². The fourth-order valence-corrected chi connectivity index (χ4v) is 18.3. The molecule has 0 aromatic rings. The van der Waals surface area contributed by atoms with Gasteiger partial charge in [-0.2, -0.15) is 0 Å². The summed E-state index contributed by atoms with van der Waals surface area (Å²) >= 11 is 0. The Morgan fingerprint density at radius 2 is 0.250 bits per heavy atom. The summed E-state index contributed by atoms with van der Waals surface area (Å²) in [6.07, 6.45) is 158. The molecule has 0 fully saturated rings. The fraction of sp³-hybridized carbons (Fsp3) is 0.928. The zero-order valence-corrected chi connectivity index (χ0v) is 103. The Hall–Kier alpha value is -1.34. The van der Waals surface area contributed by atoms with Gasteiger partial charge in [-0.3, -0.25) is 0 Å². The van der Waals surface area contributed by atoms with Crippen LogP contribution in [0.15, 0.2) is 60.8 Å². The number of aliphatic hydroxyl groups is 1. The van der Waals surface area contributed by atoms with Gasteiger partial charge in [0.2, 0.25) is 0 Å². The molecular formula is C139H284O. The molecule has 846 valence electrons. The molecule has 0 radical (unpaired) electrons. The van der Waals surface area contributed by atoms with E-state index in [1.807, 2.05) is 0 Å². The molecule has 0 bridgehead atoms. The first-order valence-electron chi connectivity index (χ1n) is 66.0. The van der Waals surface area contributed by atoms with E-state index in [-0.39, 0.29) is 6.10 Å². The lowest BCUT2D eigenvalue weighted by atomic mass is 10.0. The van der Waals surface area contributed by atoms with E-state index in [4.69, 9.17) is 0 Å². The van der Waals surface area contributed by atoms with E-state index in [0.717, 1.165) is 79.4 Å². The molecule has 0 saturated heterocycles. The lowest BCUT2D eigenvalue weighted by Crippen LogP contribution is -2.04. The summed E-state index contributed by atoms with van der Waals surface area (Å²) in [5, 5.41) is 9.84. The van der Waals surface area contributed by atoms with Crippen LogP contribution >= 0.6 is 0 Å². The highest BCUT2D eigenvalue weighted by atomic mass is 16.3. The Labute approximate surface area is 895 Å². The first kappa shape index (κ1) is 154. The van der Waals surface area contributed by atoms with Gasteiger partial charge in [0, 0.05) is 0 Å². The molecular weight excluding hydrogens is 1690 g/mol. The van der Waals surface area contributed by atoms with Crippen molar-refractivity contribution in [3.63, 3.8) is 0 Å². The molecule has 1 N–H and O–H groups in total. The lowest BCUT2D eigenvalue weighted by Gasteiger charge is -2.07. The van der Waals surface area contributed by atoms with Gasteiger partial charge in [0.1, 0.15) is 0 Å². The third-order valence-corrected chi connectivity index (χ3v) is 28.3. The van der Waals surface area contributed by atoms with Gasteiger partial charge in [0.05, 0.1) is 6.10 Å². The summed E-state index contributed by atoms with van der Waals surface area (Å²) in [5.74, 6) is 7.13. The molecule has 1 nitrogen and oxygen atoms in total. The monoisotopic (exact) mass is 1970 g/mol. The zero-order valence-electron chi connectivity index (χ0n) is 103. The van der Waals surface area contributed by atoms with Crippen molar-refractivity contribution in [1.29, 1.82) is 0 Å². The van der Waals surface area contributed by atoms with Crippen molar-refractivity contribution in [1.82, 2.24) is 0 Å². The number of hydrogen-bond acceptors (Lipinski definition) is 1. The Morgan fingerprint density at radius 1 is 0.129 bits per heavy atom. The van der Waals surface area contributed by atoms with Crippen LogP contribution < -0.4 is 0 Å². The second-order valence-corrected chi connectivity index (χ2v) is 48.0. The highest BCUT2D eigenvalue weighted by Gasteiger charge is 2.06. The van der Waals surface area contributed by atoms with E-state index in [1.165, 1.54) is 584 Å². The minimum absolute atomic E-state index is 0.117. The van der Waals surface area contributed by atoms with E-state index >= 15 is 0 Å². The highest BCUT2D eigenvalue weighted by molar-refractivity contribution is 4.97. The molecule has 140 heavy (non-hydrogen) atoms. The predicted molar refractivity (Wildman–Crippen MR) is 659 cm³/mol. The molecule has 0 saturated carbocycles. The summed E-state index contributed by atoms with van der Waals surface area (Å²) in [6, 6.07) is 0. The lowest BCUT2D eigenvalue weighted by molar-refractivity contribution is 0.163. The third kappa shape index (κ3) is 188. The van der Waals surface area contributed by atoms with Gasteiger partial charge in [-0.05, 0) is 131 Å². The molecule has 0 aromatic heterocycles. The quantitative estimate of drug-likeness (QED) is 0.0475. The largest absolute Gasteiger partial charge is 0.393 e. The van der Waals surface area contributed by atoms with Crippen LogP contribution in [0.2, 0.25) is 0 Å². The average Bonchev–Trinajstić information content (AvgIpc) is 1.04. The van der Waals surface area contributed by atoms with Crippen LogP contribution in [-0.4, -0.2) is 11.2 Å². The third-order valence-electron chi connectivity index (χ3n) is 28.3. The minimum Gasteiger partial charge on any atom is -0.393 e. The molecule has 0 rings (SSSR count). The summed E-state index contributed by atoms with van der Waals surface area (Å²) in [4.78, 5) is 0. The summed E-state index contributed by atoms with van der Waals surface area (Å²) < 4.78 is 0. The van der Waals surface area contributed by atoms with Crippen LogP contribution in [0, 0.1) is 47.3 Å².